The Bertz CT molecular complexity index is 548. The fourth-order valence-corrected chi connectivity index (χ4v) is 1.80. The Labute approximate surface area is 107 Å². The lowest BCUT2D eigenvalue weighted by atomic mass is 10.1. The molecule has 0 aliphatic heterocycles. The van der Waals surface area contributed by atoms with Crippen LogP contribution >= 0.6 is 0 Å². The summed E-state index contributed by atoms with van der Waals surface area (Å²) in [5, 5.41) is 16.3. The van der Waals surface area contributed by atoms with Gasteiger partial charge in [0.1, 0.15) is 0 Å². The average Bonchev–Trinajstić information content (AvgIpc) is 2.82. The maximum Gasteiger partial charge on any atom is 0.0991 e. The Morgan fingerprint density at radius 3 is 2.67 bits per heavy atom. The molecule has 0 spiro atoms. The number of nitrogens with one attached hydrogen (secondary N) is 1. The van der Waals surface area contributed by atoms with Gasteiger partial charge in [0.15, 0.2) is 0 Å². The lowest BCUT2D eigenvalue weighted by Crippen LogP contribution is -2.17. The zero-order chi connectivity index (χ0) is 13.0. The Kier molecular flexibility index (Phi) is 3.75. The van der Waals surface area contributed by atoms with Gasteiger partial charge in [0.25, 0.3) is 0 Å². The highest BCUT2D eigenvalue weighted by Crippen LogP contribution is 2.13. The van der Waals surface area contributed by atoms with Gasteiger partial charge < -0.3 is 5.32 Å². The van der Waals surface area contributed by atoms with Crippen molar-refractivity contribution in [3.05, 3.63) is 53.3 Å². The van der Waals surface area contributed by atoms with Crippen molar-refractivity contribution in [1.82, 2.24) is 15.1 Å². The van der Waals surface area contributed by atoms with Crippen molar-refractivity contribution < 1.29 is 0 Å². The van der Waals surface area contributed by atoms with E-state index in [-0.39, 0.29) is 6.04 Å². The maximum atomic E-state index is 8.75. The van der Waals surface area contributed by atoms with Gasteiger partial charge in [0.05, 0.1) is 17.8 Å². The summed E-state index contributed by atoms with van der Waals surface area (Å²) in [6.45, 7) is 2.90. The van der Waals surface area contributed by atoms with Crippen LogP contribution in [0, 0.1) is 11.3 Å². The minimum atomic E-state index is 0.248. The molecule has 0 radical (unpaired) electrons. The Morgan fingerprint density at radius 1 is 1.39 bits per heavy atom. The van der Waals surface area contributed by atoms with Gasteiger partial charge >= 0.3 is 0 Å². The SMILES string of the molecule is CC(NCc1cnn(C)c1)c1ccc(C#N)cc1. The second kappa shape index (κ2) is 5.48. The van der Waals surface area contributed by atoms with Crippen LogP contribution in [0.3, 0.4) is 0 Å². The summed E-state index contributed by atoms with van der Waals surface area (Å²) in [7, 11) is 1.91. The van der Waals surface area contributed by atoms with Gasteiger partial charge in [-0.05, 0) is 24.6 Å². The molecule has 0 fully saturated rings. The van der Waals surface area contributed by atoms with Gasteiger partial charge in [0.2, 0.25) is 0 Å². The van der Waals surface area contributed by atoms with E-state index in [9.17, 15) is 0 Å². The molecule has 1 aromatic carbocycles. The maximum absolute atomic E-state index is 8.75. The number of rotatable bonds is 4. The first-order chi connectivity index (χ1) is 8.69. The van der Waals surface area contributed by atoms with E-state index in [0.717, 1.165) is 12.1 Å². The van der Waals surface area contributed by atoms with Gasteiger partial charge in [-0.2, -0.15) is 10.4 Å². The first-order valence-electron chi connectivity index (χ1n) is 5.90. The molecular formula is C14H16N4. The molecule has 0 bridgehead atoms. The number of aromatic nitrogens is 2. The standard InChI is InChI=1S/C14H16N4/c1-11(14-5-3-12(7-15)4-6-14)16-8-13-9-17-18(2)10-13/h3-6,9-11,16H,8H2,1-2H3. The van der Waals surface area contributed by atoms with E-state index in [0.29, 0.717) is 5.56 Å². The summed E-state index contributed by atoms with van der Waals surface area (Å²) in [5.74, 6) is 0. The van der Waals surface area contributed by atoms with Crippen LogP contribution in [0.25, 0.3) is 0 Å². The topological polar surface area (TPSA) is 53.6 Å². The van der Waals surface area contributed by atoms with Crippen molar-refractivity contribution in [2.24, 2.45) is 7.05 Å². The highest BCUT2D eigenvalue weighted by molar-refractivity contribution is 5.32. The summed E-state index contributed by atoms with van der Waals surface area (Å²) in [6, 6.07) is 10.0. The summed E-state index contributed by atoms with van der Waals surface area (Å²) < 4.78 is 1.80. The van der Waals surface area contributed by atoms with E-state index in [4.69, 9.17) is 5.26 Å². The molecule has 0 saturated carbocycles. The number of hydrogen-bond acceptors (Lipinski definition) is 3. The van der Waals surface area contributed by atoms with E-state index < -0.39 is 0 Å². The van der Waals surface area contributed by atoms with E-state index in [1.807, 2.05) is 43.7 Å². The molecule has 0 amide bonds. The number of nitriles is 1. The van der Waals surface area contributed by atoms with E-state index in [1.54, 1.807) is 4.68 Å². The van der Waals surface area contributed by atoms with E-state index in [1.165, 1.54) is 5.56 Å². The molecule has 4 nitrogen and oxygen atoms in total. The number of nitrogens with zero attached hydrogens (tertiary/aromatic N) is 3. The smallest absolute Gasteiger partial charge is 0.0991 e. The molecule has 2 rings (SSSR count). The predicted molar refractivity (Wildman–Crippen MR) is 69.6 cm³/mol. The van der Waals surface area contributed by atoms with Gasteiger partial charge in [-0.15, -0.1) is 0 Å². The fourth-order valence-electron chi connectivity index (χ4n) is 1.80. The molecule has 1 aromatic heterocycles. The molecule has 0 saturated heterocycles. The third kappa shape index (κ3) is 2.96. The van der Waals surface area contributed by atoms with Crippen LogP contribution in [0.15, 0.2) is 36.7 Å². The molecule has 4 heteroatoms. The second-order valence-electron chi connectivity index (χ2n) is 4.36. The van der Waals surface area contributed by atoms with Crippen LogP contribution in [-0.2, 0) is 13.6 Å². The van der Waals surface area contributed by atoms with Crippen molar-refractivity contribution in [3.8, 4) is 6.07 Å². The quantitative estimate of drug-likeness (QED) is 0.890. The van der Waals surface area contributed by atoms with Crippen LogP contribution in [0.1, 0.15) is 29.7 Å². The van der Waals surface area contributed by atoms with Crippen LogP contribution < -0.4 is 5.32 Å². The zero-order valence-corrected chi connectivity index (χ0v) is 10.6. The minimum Gasteiger partial charge on any atom is -0.306 e. The number of benzene rings is 1. The molecule has 18 heavy (non-hydrogen) atoms. The Morgan fingerprint density at radius 2 is 2.11 bits per heavy atom. The lowest BCUT2D eigenvalue weighted by Gasteiger charge is -2.13. The Balaban J connectivity index is 1.95. The van der Waals surface area contributed by atoms with Crippen molar-refractivity contribution >= 4 is 0 Å². The summed E-state index contributed by atoms with van der Waals surface area (Å²) in [4.78, 5) is 0. The van der Waals surface area contributed by atoms with Crippen LogP contribution in [-0.4, -0.2) is 9.78 Å². The van der Waals surface area contributed by atoms with Crippen LogP contribution in [0.2, 0.25) is 0 Å². The normalized spacial score (nSPS) is 12.1. The minimum absolute atomic E-state index is 0.248. The van der Waals surface area contributed by atoms with Gasteiger partial charge in [-0.25, -0.2) is 0 Å². The van der Waals surface area contributed by atoms with Crippen molar-refractivity contribution in [2.45, 2.75) is 19.5 Å². The van der Waals surface area contributed by atoms with Crippen molar-refractivity contribution in [2.75, 3.05) is 0 Å². The molecule has 1 unspecified atom stereocenters. The third-order valence-corrected chi connectivity index (χ3v) is 2.91. The molecule has 1 N–H and O–H groups in total. The lowest BCUT2D eigenvalue weighted by molar-refractivity contribution is 0.574. The second-order valence-corrected chi connectivity index (χ2v) is 4.36. The summed E-state index contributed by atoms with van der Waals surface area (Å²) in [5.41, 5.74) is 3.04. The fraction of sp³-hybridized carbons (Fsp3) is 0.286. The monoisotopic (exact) mass is 240 g/mol. The average molecular weight is 240 g/mol. The highest BCUT2D eigenvalue weighted by atomic mass is 15.2. The van der Waals surface area contributed by atoms with Gasteiger partial charge in [-0.1, -0.05) is 12.1 Å². The number of hydrogen-bond donors (Lipinski definition) is 1. The summed E-state index contributed by atoms with van der Waals surface area (Å²) >= 11 is 0. The molecule has 0 aliphatic rings. The van der Waals surface area contributed by atoms with Crippen LogP contribution in [0.4, 0.5) is 0 Å². The largest absolute Gasteiger partial charge is 0.306 e. The van der Waals surface area contributed by atoms with E-state index >= 15 is 0 Å². The molecule has 1 heterocycles. The van der Waals surface area contributed by atoms with Crippen molar-refractivity contribution in [3.63, 3.8) is 0 Å². The van der Waals surface area contributed by atoms with E-state index in [2.05, 4.69) is 23.4 Å². The predicted octanol–water partition coefficient (Wildman–Crippen LogP) is 2.14. The molecular weight excluding hydrogens is 224 g/mol. The Hall–Kier alpha value is -2.12. The number of aryl methyl sites for hydroxylation is 1. The molecule has 1 atom stereocenters. The first-order valence-corrected chi connectivity index (χ1v) is 5.90. The third-order valence-electron chi connectivity index (χ3n) is 2.91. The van der Waals surface area contributed by atoms with Crippen LogP contribution in [0.5, 0.6) is 0 Å². The first kappa shape index (κ1) is 12.3. The van der Waals surface area contributed by atoms with Gasteiger partial charge in [0, 0.05) is 31.4 Å². The molecule has 92 valence electrons. The van der Waals surface area contributed by atoms with Crippen molar-refractivity contribution in [1.29, 1.82) is 5.26 Å². The summed E-state index contributed by atoms with van der Waals surface area (Å²) in [6.07, 6.45) is 3.86. The highest BCUT2D eigenvalue weighted by Gasteiger charge is 2.05. The molecule has 0 aliphatic carbocycles. The molecule has 2 aromatic rings. The zero-order valence-electron chi connectivity index (χ0n) is 10.6. The van der Waals surface area contributed by atoms with Gasteiger partial charge in [-0.3, -0.25) is 4.68 Å².